The van der Waals surface area contributed by atoms with E-state index in [1.165, 1.54) is 0 Å². The molecule has 0 spiro atoms. The number of anilines is 12. The third-order valence-corrected chi connectivity index (χ3v) is 14.3. The minimum absolute atomic E-state index is 0.491. The molecule has 0 fully saturated rings. The fraction of sp³-hybridized carbons (Fsp3) is 0. The molecule has 0 unspecified atom stereocenters. The number of nitrogens with zero attached hydrogens (tertiary/aromatic N) is 4. The molecular formula is C84H59BN4. The molecule has 0 N–H and O–H groups in total. The van der Waals surface area contributed by atoms with E-state index in [-0.39, 0.29) is 0 Å². The van der Waals surface area contributed by atoms with Crippen LogP contribution in [0.25, 0.3) is 55.6 Å². The fourth-order valence-electron chi connectivity index (χ4n) is 10.9. The molecule has 2 aliphatic rings. The van der Waals surface area contributed by atoms with E-state index in [0.29, 0.717) is 9.80 Å². The molecule has 14 aromatic carbocycles. The summed E-state index contributed by atoms with van der Waals surface area (Å²) in [6.07, 6.45) is 0. The lowest BCUT2D eigenvalue weighted by molar-refractivity contribution is 1.23. The molecule has 418 valence electrons. The van der Waals surface area contributed by atoms with Gasteiger partial charge in [0.05, 0.1) is 81.3 Å². The van der Waals surface area contributed by atoms with Crippen LogP contribution in [0.4, 0.5) is 68.2 Å². The number of hydrogen-bond acceptors (Lipinski definition) is 4. The van der Waals surface area contributed by atoms with Crippen LogP contribution >= 0.6 is 0 Å². The third kappa shape index (κ3) is 9.54. The second-order valence-corrected chi connectivity index (χ2v) is 19.0. The van der Waals surface area contributed by atoms with E-state index in [2.05, 4.69) is 0 Å². The van der Waals surface area contributed by atoms with E-state index in [4.69, 9.17) is 12.3 Å². The number of benzene rings is 14. The van der Waals surface area contributed by atoms with Crippen molar-refractivity contribution in [2.45, 2.75) is 0 Å². The molecule has 4 nitrogen and oxygen atoms in total. The number of fused-ring (bicyclic) bond motifs is 4. The average molecular weight is 1190 g/mol. The molecule has 5 heteroatoms. The van der Waals surface area contributed by atoms with Crippen molar-refractivity contribution in [3.8, 4) is 55.6 Å². The van der Waals surface area contributed by atoms with Crippen LogP contribution in [-0.4, -0.2) is 6.71 Å². The van der Waals surface area contributed by atoms with Gasteiger partial charge in [-0.3, -0.25) is 0 Å². The zero-order valence-electron chi connectivity index (χ0n) is 96.0. The average Bonchev–Trinajstić information content (AvgIpc) is 0.674. The quantitative estimate of drug-likeness (QED) is 0.107. The van der Waals surface area contributed by atoms with Gasteiger partial charge in [-0.25, -0.2) is 0 Å². The van der Waals surface area contributed by atoms with Gasteiger partial charge in [-0.05, 0) is 135 Å². The Hall–Kier alpha value is -11.7. The van der Waals surface area contributed by atoms with E-state index in [1.54, 1.807) is 0 Å². The maximum absolute atomic E-state index is 10.4. The van der Waals surface area contributed by atoms with E-state index in [9.17, 15) is 57.6 Å². The Kier molecular flexibility index (Phi) is 5.66. The van der Waals surface area contributed by atoms with Crippen molar-refractivity contribution in [3.05, 3.63) is 357 Å². The molecule has 0 radical (unpaired) electrons. The molecule has 0 amide bonds. The largest absolute Gasteiger partial charge is 0.310 e. The van der Waals surface area contributed by atoms with Gasteiger partial charge in [-0.1, -0.05) is 272 Å². The van der Waals surface area contributed by atoms with Crippen LogP contribution < -0.4 is 36.0 Å². The van der Waals surface area contributed by atoms with Gasteiger partial charge in [0.15, 0.2) is 0 Å². The molecular weight excluding hydrogens is 1080 g/mol. The van der Waals surface area contributed by atoms with Gasteiger partial charge >= 0.3 is 0 Å². The molecule has 89 heavy (non-hydrogen) atoms. The van der Waals surface area contributed by atoms with Gasteiger partial charge in [-0.2, -0.15) is 0 Å². The summed E-state index contributed by atoms with van der Waals surface area (Å²) < 4.78 is 486. The molecule has 14 aromatic rings. The number of hydrogen-bond donors (Lipinski definition) is 0. The maximum Gasteiger partial charge on any atom is 0.252 e. The Balaban J connectivity index is 1.28. The first-order valence-electron chi connectivity index (χ1n) is 51.9. The number of rotatable bonds is 13. The predicted molar refractivity (Wildman–Crippen MR) is 377 cm³/mol. The van der Waals surface area contributed by atoms with Crippen LogP contribution in [0, 0.1) is 0 Å². The Morgan fingerprint density at radius 2 is 0.506 bits per heavy atom. The summed E-state index contributed by atoms with van der Waals surface area (Å²) >= 11 is 0. The van der Waals surface area contributed by atoms with Crippen LogP contribution in [0.5, 0.6) is 0 Å². The monoisotopic (exact) mass is 1190 g/mol. The highest BCUT2D eigenvalue weighted by molar-refractivity contribution is 7.00. The van der Waals surface area contributed by atoms with Crippen molar-refractivity contribution in [2.75, 3.05) is 19.6 Å². The van der Waals surface area contributed by atoms with E-state index in [1.807, 2.05) is 0 Å². The summed E-state index contributed by atoms with van der Waals surface area (Å²) in [5, 5.41) is 0. The van der Waals surface area contributed by atoms with E-state index in [0.717, 1.165) is 58.3 Å². The highest BCUT2D eigenvalue weighted by Gasteiger charge is 2.46. The van der Waals surface area contributed by atoms with Gasteiger partial charge in [0.2, 0.25) is 0 Å². The molecule has 0 saturated heterocycles. The second-order valence-electron chi connectivity index (χ2n) is 19.0. The van der Waals surface area contributed by atoms with Crippen LogP contribution in [0.15, 0.2) is 357 Å². The van der Waals surface area contributed by atoms with Crippen LogP contribution in [0.3, 0.4) is 0 Å². The summed E-state index contributed by atoms with van der Waals surface area (Å²) in [6, 6.07) is -54.9. The Bertz CT molecular complexity index is 7040. The minimum Gasteiger partial charge on any atom is -0.310 e. The lowest BCUT2D eigenvalue weighted by atomic mass is 9.33. The molecule has 16 rings (SSSR count). The molecule has 0 aromatic heterocycles. The lowest BCUT2D eigenvalue weighted by Crippen LogP contribution is -2.61. The van der Waals surface area contributed by atoms with Crippen molar-refractivity contribution in [3.63, 3.8) is 0 Å². The Labute approximate surface area is 593 Å². The number of para-hydroxylation sites is 6. The van der Waals surface area contributed by atoms with E-state index >= 15 is 0 Å². The first kappa shape index (κ1) is 21.9. The summed E-state index contributed by atoms with van der Waals surface area (Å²) in [5.74, 6) is 0. The third-order valence-electron chi connectivity index (χ3n) is 14.3. The van der Waals surface area contributed by atoms with Gasteiger partial charge in [0.1, 0.15) is 0 Å². The molecule has 2 heterocycles. The Morgan fingerprint density at radius 1 is 0.236 bits per heavy atom. The van der Waals surface area contributed by atoms with Crippen molar-refractivity contribution < 1.29 is 69.9 Å². The smallest absolute Gasteiger partial charge is 0.252 e. The second kappa shape index (κ2) is 23.0. The highest BCUT2D eigenvalue weighted by atomic mass is 15.2. The normalized spacial score (nSPS) is 20.0. The first-order valence-corrected chi connectivity index (χ1v) is 26.4. The fourth-order valence-corrected chi connectivity index (χ4v) is 10.9. The summed E-state index contributed by atoms with van der Waals surface area (Å²) in [5.41, 5.74) is -24.5. The molecule has 0 bridgehead atoms. The van der Waals surface area contributed by atoms with Gasteiger partial charge in [0, 0.05) is 79.1 Å². The topological polar surface area (TPSA) is 13.0 Å². The first-order chi connectivity index (χ1) is 65.3. The zero-order valence-corrected chi connectivity index (χ0v) is 45.0. The van der Waals surface area contributed by atoms with Crippen molar-refractivity contribution in [2.24, 2.45) is 0 Å². The molecule has 0 aliphatic carbocycles. The van der Waals surface area contributed by atoms with Crippen molar-refractivity contribution in [1.29, 1.82) is 0 Å². The lowest BCUT2D eigenvalue weighted by Gasteiger charge is -2.46. The predicted octanol–water partition coefficient (Wildman–Crippen LogP) is 21.0. The zero-order chi connectivity index (χ0) is 103. The summed E-state index contributed by atoms with van der Waals surface area (Å²) in [6.45, 7) is -2.11. The standard InChI is InChI=1S/C84H59BN4/c1-10-30-60(31-11-1)65-56-80-82-81(57-65)89(84-74(63-36-16-4-17-37-63)50-29-51-75(84)64-38-18-5-19-39-64)79-59-71(87(68-44-24-8-25-45-68)69-46-26-9-27-47-69)53-55-77(79)85(82)76-54-52-70(86(66-40-20-6-21-41-66)67-42-22-7-23-43-67)58-78(76)88(80)83-72(61-32-12-2-13-33-61)48-28-49-73(83)62-34-14-3-15-35-62/h1-59H/i1D,2D,3D,4D,5D,6D,7D,8D,9D,10D,11D,12D,13D,14D,15D,16D,17D,18D,19D,20D,21D,22D,23D,24D,25D,26D,27D,28D,29D,30D,31D,32D,33D,34D,35D,36D,37D,38D,39D,40D,41D,42D,43D,44D,45D,46D,47D,48D,49D,50D,51D. The molecule has 2 aliphatic heterocycles. The van der Waals surface area contributed by atoms with Gasteiger partial charge in [0.25, 0.3) is 6.71 Å². The van der Waals surface area contributed by atoms with Crippen LogP contribution in [0.1, 0.15) is 69.9 Å². The Morgan fingerprint density at radius 3 is 0.798 bits per heavy atom. The SMILES string of the molecule is [2H]c1c([2H])c([2H])c(-c2cc3c4c(c2)N(c2c(-c5c([2H])c([2H])c([2H])c([2H])c5[2H])c([2H])c([2H])c([2H])c2-c2c([2H])c([2H])c([2H])c([2H])c2[2H])c2cc(N(c5c([2H])c([2H])c([2H])c([2H])c5[2H])c5c([2H])c([2H])c([2H])c([2H])c5[2H])ccc2B4c2ccc(N(c4c([2H])c([2H])c([2H])c([2H])c4[2H])c4c([2H])c([2H])c([2H])c([2H])c4[2H])cc2N3c2c(-c3c([2H])c([2H])c([2H])c([2H])c3[2H])c([2H])c([2H])c([2H])c2-c2c([2H])c([2H])c([2H])c([2H])c2[2H])c([2H])c1[2H]. The summed E-state index contributed by atoms with van der Waals surface area (Å²) in [7, 11) is 0. The van der Waals surface area contributed by atoms with E-state index < -0.39 is 455 Å². The highest BCUT2D eigenvalue weighted by Crippen LogP contribution is 2.55. The van der Waals surface area contributed by atoms with Crippen LogP contribution in [0.2, 0.25) is 0 Å². The van der Waals surface area contributed by atoms with Crippen LogP contribution in [-0.2, 0) is 0 Å². The van der Waals surface area contributed by atoms with Crippen molar-refractivity contribution in [1.82, 2.24) is 0 Å². The van der Waals surface area contributed by atoms with Gasteiger partial charge in [-0.15, -0.1) is 0 Å². The molecule has 0 saturated carbocycles. The summed E-state index contributed by atoms with van der Waals surface area (Å²) in [4.78, 5) is 2.69. The van der Waals surface area contributed by atoms with Crippen molar-refractivity contribution >= 4 is 91.3 Å². The minimum atomic E-state index is -2.11. The molecule has 0 atom stereocenters. The maximum atomic E-state index is 10.4. The van der Waals surface area contributed by atoms with Gasteiger partial charge < -0.3 is 19.6 Å².